The van der Waals surface area contributed by atoms with Crippen molar-refractivity contribution in [2.24, 2.45) is 0 Å². The van der Waals surface area contributed by atoms with E-state index < -0.39 is 10.9 Å². The van der Waals surface area contributed by atoms with Gasteiger partial charge in [-0.2, -0.15) is 0 Å². The molecule has 8 nitrogen and oxygen atoms in total. The number of hydrogen-bond donors (Lipinski definition) is 2. The van der Waals surface area contributed by atoms with E-state index in [0.29, 0.717) is 18.8 Å². The number of nitrogens with zero attached hydrogens (tertiary/aromatic N) is 2. The van der Waals surface area contributed by atoms with Crippen LogP contribution in [0.15, 0.2) is 18.2 Å². The van der Waals surface area contributed by atoms with Crippen molar-refractivity contribution in [1.82, 2.24) is 5.32 Å². The molecule has 1 amide bonds. The quantitative estimate of drug-likeness (QED) is 0.597. The lowest BCUT2D eigenvalue weighted by molar-refractivity contribution is -0.384. The topological polar surface area (TPSA) is 113 Å². The number of non-ortho nitro benzene ring substituents is 1. The van der Waals surface area contributed by atoms with Gasteiger partial charge in [0.15, 0.2) is 0 Å². The summed E-state index contributed by atoms with van der Waals surface area (Å²) in [5.74, 6) is -1.47. The van der Waals surface area contributed by atoms with Crippen LogP contribution in [0.2, 0.25) is 0 Å². The summed E-state index contributed by atoms with van der Waals surface area (Å²) >= 11 is 0. The minimum Gasteiger partial charge on any atom is -0.478 e. The van der Waals surface area contributed by atoms with Crippen molar-refractivity contribution in [3.05, 3.63) is 33.9 Å². The molecule has 1 aliphatic heterocycles. The highest BCUT2D eigenvalue weighted by Gasteiger charge is 2.23. The van der Waals surface area contributed by atoms with Crippen LogP contribution in [0.25, 0.3) is 0 Å². The van der Waals surface area contributed by atoms with Gasteiger partial charge in [-0.05, 0) is 6.07 Å². The molecular weight excluding hydrogens is 254 g/mol. The molecule has 1 aliphatic rings. The van der Waals surface area contributed by atoms with Gasteiger partial charge in [0.1, 0.15) is 0 Å². The monoisotopic (exact) mass is 265 g/mol. The Morgan fingerprint density at radius 1 is 1.47 bits per heavy atom. The molecule has 2 rings (SSSR count). The first-order valence-corrected chi connectivity index (χ1v) is 5.52. The van der Waals surface area contributed by atoms with Gasteiger partial charge in [0, 0.05) is 25.2 Å². The van der Waals surface area contributed by atoms with Crippen LogP contribution in [0.4, 0.5) is 11.4 Å². The lowest BCUT2D eigenvalue weighted by Gasteiger charge is -2.29. The molecule has 0 bridgehead atoms. The third kappa shape index (κ3) is 2.62. The molecular formula is C11H11N3O5. The SMILES string of the molecule is O=C1CN(c2ccc([N+](=O)[O-])cc2C(=O)O)CCN1. The average molecular weight is 265 g/mol. The molecule has 8 heteroatoms. The second-order valence-electron chi connectivity index (χ2n) is 4.04. The Hall–Kier alpha value is -2.64. The van der Waals surface area contributed by atoms with Crippen molar-refractivity contribution in [3.8, 4) is 0 Å². The molecule has 1 aromatic rings. The molecule has 2 N–H and O–H groups in total. The molecule has 0 radical (unpaired) electrons. The van der Waals surface area contributed by atoms with Crippen molar-refractivity contribution in [2.45, 2.75) is 0 Å². The van der Waals surface area contributed by atoms with E-state index in [9.17, 15) is 19.7 Å². The van der Waals surface area contributed by atoms with Gasteiger partial charge in [-0.25, -0.2) is 4.79 Å². The smallest absolute Gasteiger partial charge is 0.338 e. The van der Waals surface area contributed by atoms with Crippen LogP contribution in [0.5, 0.6) is 0 Å². The zero-order valence-electron chi connectivity index (χ0n) is 9.83. The first-order valence-electron chi connectivity index (χ1n) is 5.52. The minimum absolute atomic E-state index is 0.0398. The number of carboxylic acid groups (broad SMARTS) is 1. The maximum absolute atomic E-state index is 11.3. The van der Waals surface area contributed by atoms with Gasteiger partial charge >= 0.3 is 5.97 Å². The summed E-state index contributed by atoms with van der Waals surface area (Å²) in [6.07, 6.45) is 0. The summed E-state index contributed by atoms with van der Waals surface area (Å²) < 4.78 is 0. The van der Waals surface area contributed by atoms with Crippen LogP contribution in [-0.2, 0) is 4.79 Å². The number of carbonyl (C=O) groups excluding carboxylic acids is 1. The van der Waals surface area contributed by atoms with E-state index in [2.05, 4.69) is 5.32 Å². The number of anilines is 1. The fraction of sp³-hybridized carbons (Fsp3) is 0.273. The highest BCUT2D eigenvalue weighted by atomic mass is 16.6. The van der Waals surface area contributed by atoms with Gasteiger partial charge in [-0.3, -0.25) is 14.9 Å². The number of rotatable bonds is 3. The van der Waals surface area contributed by atoms with E-state index in [4.69, 9.17) is 5.11 Å². The standard InChI is InChI=1S/C11H11N3O5/c15-10-6-13(4-3-12-10)9-2-1-7(14(18)19)5-8(9)11(16)17/h1-2,5H,3-4,6H2,(H,12,15)(H,16,17). The number of piperazine rings is 1. The van der Waals surface area contributed by atoms with Crippen LogP contribution in [0.3, 0.4) is 0 Å². The summed E-state index contributed by atoms with van der Waals surface area (Å²) in [4.78, 5) is 34.1. The van der Waals surface area contributed by atoms with E-state index in [-0.39, 0.29) is 23.7 Å². The molecule has 0 aromatic heterocycles. The lowest BCUT2D eigenvalue weighted by atomic mass is 10.1. The molecule has 1 aromatic carbocycles. The number of nitrogens with one attached hydrogen (secondary N) is 1. The molecule has 1 saturated heterocycles. The number of benzene rings is 1. The molecule has 1 heterocycles. The fourth-order valence-corrected chi connectivity index (χ4v) is 1.93. The number of carboxylic acids is 1. The predicted molar refractivity (Wildman–Crippen MR) is 65.3 cm³/mol. The summed E-state index contributed by atoms with van der Waals surface area (Å²) in [6.45, 7) is 0.913. The molecule has 0 aliphatic carbocycles. The Balaban J connectivity index is 2.41. The molecule has 1 fully saturated rings. The first-order chi connectivity index (χ1) is 8.99. The van der Waals surface area contributed by atoms with Crippen LogP contribution in [0, 0.1) is 10.1 Å². The zero-order valence-corrected chi connectivity index (χ0v) is 9.83. The number of nitro groups is 1. The third-order valence-electron chi connectivity index (χ3n) is 2.80. The predicted octanol–water partition coefficient (Wildman–Crippen LogP) is 0.229. The third-order valence-corrected chi connectivity index (χ3v) is 2.80. The zero-order chi connectivity index (χ0) is 14.0. The molecule has 100 valence electrons. The second-order valence-corrected chi connectivity index (χ2v) is 4.04. The van der Waals surface area contributed by atoms with Crippen LogP contribution in [0.1, 0.15) is 10.4 Å². The number of aromatic carboxylic acids is 1. The normalized spacial score (nSPS) is 14.9. The van der Waals surface area contributed by atoms with E-state index >= 15 is 0 Å². The Labute approximate surface area is 107 Å². The highest BCUT2D eigenvalue weighted by molar-refractivity contribution is 5.96. The summed E-state index contributed by atoms with van der Waals surface area (Å²) in [6, 6.07) is 3.60. The minimum atomic E-state index is -1.26. The van der Waals surface area contributed by atoms with Gasteiger partial charge in [-0.15, -0.1) is 0 Å². The lowest BCUT2D eigenvalue weighted by Crippen LogP contribution is -2.48. The van der Waals surface area contributed by atoms with Crippen molar-refractivity contribution in [3.63, 3.8) is 0 Å². The summed E-state index contributed by atoms with van der Waals surface area (Å²) in [5.41, 5.74) is -0.153. The number of nitro benzene ring substituents is 1. The second kappa shape index (κ2) is 4.92. The average Bonchev–Trinajstić information content (AvgIpc) is 2.37. The van der Waals surface area contributed by atoms with Gasteiger partial charge in [0.05, 0.1) is 22.7 Å². The summed E-state index contributed by atoms with van der Waals surface area (Å²) in [7, 11) is 0. The number of carbonyl (C=O) groups is 2. The molecule has 0 saturated carbocycles. The molecule has 0 unspecified atom stereocenters. The van der Waals surface area contributed by atoms with Gasteiger partial charge in [0.2, 0.25) is 5.91 Å². The highest BCUT2D eigenvalue weighted by Crippen LogP contribution is 2.26. The van der Waals surface area contributed by atoms with E-state index in [1.165, 1.54) is 12.1 Å². The van der Waals surface area contributed by atoms with Crippen molar-refractivity contribution in [1.29, 1.82) is 0 Å². The Kier molecular flexibility index (Phi) is 3.32. The van der Waals surface area contributed by atoms with Gasteiger partial charge in [-0.1, -0.05) is 0 Å². The van der Waals surface area contributed by atoms with Gasteiger partial charge < -0.3 is 15.3 Å². The van der Waals surface area contributed by atoms with Crippen LogP contribution < -0.4 is 10.2 Å². The Bertz CT molecular complexity index is 557. The Morgan fingerprint density at radius 3 is 2.79 bits per heavy atom. The molecule has 0 spiro atoms. The van der Waals surface area contributed by atoms with Crippen LogP contribution >= 0.6 is 0 Å². The Morgan fingerprint density at radius 2 is 2.21 bits per heavy atom. The molecule has 0 atom stereocenters. The van der Waals surface area contributed by atoms with Crippen molar-refractivity contribution < 1.29 is 19.6 Å². The fourth-order valence-electron chi connectivity index (χ4n) is 1.93. The first kappa shape index (κ1) is 12.8. The number of hydrogen-bond acceptors (Lipinski definition) is 5. The maximum Gasteiger partial charge on any atom is 0.338 e. The van der Waals surface area contributed by atoms with Crippen LogP contribution in [-0.4, -0.2) is 41.5 Å². The van der Waals surface area contributed by atoms with Gasteiger partial charge in [0.25, 0.3) is 5.69 Å². The van der Waals surface area contributed by atoms with Crippen molar-refractivity contribution in [2.75, 3.05) is 24.5 Å². The molecule has 19 heavy (non-hydrogen) atoms. The van der Waals surface area contributed by atoms with E-state index in [1.807, 2.05) is 0 Å². The van der Waals surface area contributed by atoms with E-state index in [1.54, 1.807) is 4.90 Å². The summed E-state index contributed by atoms with van der Waals surface area (Å²) in [5, 5.41) is 22.4. The number of amides is 1. The largest absolute Gasteiger partial charge is 0.478 e. The van der Waals surface area contributed by atoms with E-state index in [0.717, 1.165) is 6.07 Å². The maximum atomic E-state index is 11.3. The van der Waals surface area contributed by atoms with Crippen molar-refractivity contribution >= 4 is 23.3 Å².